The number of hydrogen-bond acceptors (Lipinski definition) is 3. The number of aromatic nitrogens is 2. The van der Waals surface area contributed by atoms with Crippen LogP contribution in [0.4, 0.5) is 0 Å². The van der Waals surface area contributed by atoms with Crippen molar-refractivity contribution in [3.05, 3.63) is 54.1 Å². The van der Waals surface area contributed by atoms with Crippen molar-refractivity contribution >= 4 is 11.8 Å². The maximum atomic E-state index is 12.6. The van der Waals surface area contributed by atoms with Crippen molar-refractivity contribution in [3.8, 4) is 0 Å². The number of piperidine rings is 1. The quantitative estimate of drug-likeness (QED) is 0.921. The van der Waals surface area contributed by atoms with Gasteiger partial charge in [-0.15, -0.1) is 0 Å². The van der Waals surface area contributed by atoms with Gasteiger partial charge in [-0.1, -0.05) is 0 Å². The van der Waals surface area contributed by atoms with Gasteiger partial charge in [0.25, 0.3) is 11.8 Å². The highest BCUT2D eigenvalue weighted by Crippen LogP contribution is 2.49. The van der Waals surface area contributed by atoms with Gasteiger partial charge in [0.1, 0.15) is 0 Å². The SMILES string of the molecule is Cn1ccc(C(=O)N[C@H]2CCC23CCN(C(=O)c2cccnc2)CC3)c1. The topological polar surface area (TPSA) is 67.2 Å². The molecular formula is C20H24N4O2. The lowest BCUT2D eigenvalue weighted by molar-refractivity contribution is -0.00232. The van der Waals surface area contributed by atoms with Crippen molar-refractivity contribution in [2.45, 2.75) is 31.7 Å². The van der Waals surface area contributed by atoms with E-state index in [9.17, 15) is 9.59 Å². The number of carbonyl (C=O) groups is 2. The van der Waals surface area contributed by atoms with Gasteiger partial charge >= 0.3 is 0 Å². The molecule has 1 aliphatic carbocycles. The third kappa shape index (κ3) is 3.00. The summed E-state index contributed by atoms with van der Waals surface area (Å²) in [6.45, 7) is 1.48. The van der Waals surface area contributed by atoms with Crippen LogP contribution >= 0.6 is 0 Å². The van der Waals surface area contributed by atoms with Gasteiger partial charge in [-0.2, -0.15) is 0 Å². The summed E-state index contributed by atoms with van der Waals surface area (Å²) in [6.07, 6.45) is 11.1. The third-order valence-electron chi connectivity index (χ3n) is 6.02. The summed E-state index contributed by atoms with van der Waals surface area (Å²) in [4.78, 5) is 31.0. The molecule has 26 heavy (non-hydrogen) atoms. The Labute approximate surface area is 153 Å². The molecule has 4 rings (SSSR count). The number of hydrogen-bond donors (Lipinski definition) is 1. The van der Waals surface area contributed by atoms with Crippen LogP contribution in [0.2, 0.25) is 0 Å². The van der Waals surface area contributed by atoms with Crippen LogP contribution in [0.3, 0.4) is 0 Å². The van der Waals surface area contributed by atoms with Crippen LogP contribution in [0, 0.1) is 5.41 Å². The largest absolute Gasteiger partial charge is 0.356 e. The molecule has 2 aliphatic rings. The second kappa shape index (κ2) is 6.59. The lowest BCUT2D eigenvalue weighted by atomic mass is 9.59. The van der Waals surface area contributed by atoms with Crippen molar-refractivity contribution < 1.29 is 9.59 Å². The normalized spacial score (nSPS) is 21.3. The molecule has 1 N–H and O–H groups in total. The Morgan fingerprint density at radius 2 is 2.00 bits per heavy atom. The number of nitrogens with zero attached hydrogens (tertiary/aromatic N) is 3. The molecular weight excluding hydrogens is 328 g/mol. The fourth-order valence-corrected chi connectivity index (χ4v) is 4.23. The zero-order valence-electron chi connectivity index (χ0n) is 15.0. The van der Waals surface area contributed by atoms with E-state index < -0.39 is 0 Å². The first kappa shape index (κ1) is 16.8. The van der Waals surface area contributed by atoms with E-state index in [0.29, 0.717) is 11.1 Å². The van der Waals surface area contributed by atoms with Gasteiger partial charge in [-0.25, -0.2) is 0 Å². The third-order valence-corrected chi connectivity index (χ3v) is 6.02. The minimum atomic E-state index is 0.00328. The number of amides is 2. The fourth-order valence-electron chi connectivity index (χ4n) is 4.23. The van der Waals surface area contributed by atoms with E-state index in [-0.39, 0.29) is 23.3 Å². The zero-order valence-corrected chi connectivity index (χ0v) is 15.0. The average molecular weight is 352 g/mol. The maximum Gasteiger partial charge on any atom is 0.255 e. The number of likely N-dealkylation sites (tertiary alicyclic amines) is 1. The lowest BCUT2D eigenvalue weighted by Gasteiger charge is -2.54. The molecule has 1 saturated heterocycles. The number of nitrogens with one attached hydrogen (secondary N) is 1. The predicted molar refractivity (Wildman–Crippen MR) is 97.7 cm³/mol. The van der Waals surface area contributed by atoms with Gasteiger partial charge in [0.15, 0.2) is 0 Å². The minimum absolute atomic E-state index is 0.00328. The van der Waals surface area contributed by atoms with Gasteiger partial charge in [0, 0.05) is 51.0 Å². The van der Waals surface area contributed by atoms with Crippen molar-refractivity contribution in [1.29, 1.82) is 0 Å². The summed E-state index contributed by atoms with van der Waals surface area (Å²) in [7, 11) is 1.91. The monoisotopic (exact) mass is 352 g/mol. The number of aryl methyl sites for hydroxylation is 1. The molecule has 0 unspecified atom stereocenters. The Kier molecular flexibility index (Phi) is 4.26. The Morgan fingerprint density at radius 1 is 1.19 bits per heavy atom. The maximum absolute atomic E-state index is 12.6. The van der Waals surface area contributed by atoms with Crippen LogP contribution in [0.25, 0.3) is 0 Å². The fraction of sp³-hybridized carbons (Fsp3) is 0.450. The standard InChI is InChI=1S/C20H24N4O2/c1-23-10-5-16(14-23)18(25)22-17-4-6-20(17)7-11-24(12-8-20)19(26)15-3-2-9-21-13-15/h2-3,5,9-10,13-14,17H,4,6-8,11-12H2,1H3,(H,22,25)/t17-/m0/s1. The molecule has 6 nitrogen and oxygen atoms in total. The summed E-state index contributed by atoms with van der Waals surface area (Å²) in [5.74, 6) is 0.0562. The van der Waals surface area contributed by atoms with Crippen LogP contribution in [0.15, 0.2) is 43.0 Å². The molecule has 2 aromatic heterocycles. The number of carbonyl (C=O) groups excluding carboxylic acids is 2. The van der Waals surface area contributed by atoms with Crippen molar-refractivity contribution in [2.24, 2.45) is 12.5 Å². The molecule has 0 radical (unpaired) electrons. The summed E-state index contributed by atoms with van der Waals surface area (Å²) >= 11 is 0. The molecule has 2 amide bonds. The van der Waals surface area contributed by atoms with Crippen molar-refractivity contribution in [3.63, 3.8) is 0 Å². The van der Waals surface area contributed by atoms with Crippen molar-refractivity contribution in [2.75, 3.05) is 13.1 Å². The predicted octanol–water partition coefficient (Wildman–Crippen LogP) is 2.23. The van der Waals surface area contributed by atoms with Gasteiger partial charge in [-0.3, -0.25) is 14.6 Å². The zero-order chi connectivity index (χ0) is 18.1. The first-order valence-corrected chi connectivity index (χ1v) is 9.20. The second-order valence-corrected chi connectivity index (χ2v) is 7.53. The summed E-state index contributed by atoms with van der Waals surface area (Å²) in [5, 5.41) is 3.22. The highest BCUT2D eigenvalue weighted by molar-refractivity contribution is 5.94. The van der Waals surface area contributed by atoms with Gasteiger partial charge in [0.2, 0.25) is 0 Å². The Bertz CT molecular complexity index is 806. The van der Waals surface area contributed by atoms with E-state index in [4.69, 9.17) is 0 Å². The van der Waals surface area contributed by atoms with Crippen molar-refractivity contribution in [1.82, 2.24) is 19.8 Å². The van der Waals surface area contributed by atoms with Gasteiger partial charge < -0.3 is 14.8 Å². The summed E-state index contributed by atoms with van der Waals surface area (Å²) in [5.41, 5.74) is 1.50. The van der Waals surface area contributed by atoms with E-state index in [2.05, 4.69) is 10.3 Å². The van der Waals surface area contributed by atoms with Crippen LogP contribution in [-0.4, -0.2) is 45.4 Å². The van der Waals surface area contributed by atoms with E-state index in [1.54, 1.807) is 18.5 Å². The van der Waals surface area contributed by atoms with E-state index in [1.165, 1.54) is 0 Å². The van der Waals surface area contributed by atoms with E-state index >= 15 is 0 Å². The highest BCUT2D eigenvalue weighted by Gasteiger charge is 2.49. The van der Waals surface area contributed by atoms with E-state index in [0.717, 1.165) is 38.8 Å². The molecule has 2 aromatic rings. The first-order chi connectivity index (χ1) is 12.6. The summed E-state index contributed by atoms with van der Waals surface area (Å²) < 4.78 is 1.88. The minimum Gasteiger partial charge on any atom is -0.356 e. The Balaban J connectivity index is 1.36. The molecule has 1 aliphatic heterocycles. The van der Waals surface area contributed by atoms with Gasteiger partial charge in [-0.05, 0) is 49.3 Å². The molecule has 0 aromatic carbocycles. The Morgan fingerprint density at radius 3 is 2.58 bits per heavy atom. The molecule has 0 bridgehead atoms. The molecule has 6 heteroatoms. The molecule has 3 heterocycles. The summed E-state index contributed by atoms with van der Waals surface area (Å²) in [6, 6.07) is 5.66. The van der Waals surface area contributed by atoms with Crippen LogP contribution < -0.4 is 5.32 Å². The second-order valence-electron chi connectivity index (χ2n) is 7.53. The molecule has 1 spiro atoms. The number of rotatable bonds is 3. The average Bonchev–Trinajstić information content (AvgIpc) is 3.12. The van der Waals surface area contributed by atoms with Gasteiger partial charge in [0.05, 0.1) is 11.1 Å². The molecule has 1 atom stereocenters. The molecule has 2 fully saturated rings. The van der Waals surface area contributed by atoms with Crippen LogP contribution in [0.1, 0.15) is 46.4 Å². The first-order valence-electron chi connectivity index (χ1n) is 9.20. The Hall–Kier alpha value is -2.63. The van der Waals surface area contributed by atoms with E-state index in [1.807, 2.05) is 41.0 Å². The molecule has 136 valence electrons. The number of pyridine rings is 1. The smallest absolute Gasteiger partial charge is 0.255 e. The van der Waals surface area contributed by atoms with Crippen LogP contribution in [0.5, 0.6) is 0 Å². The lowest BCUT2D eigenvalue weighted by Crippen LogP contribution is -2.59. The van der Waals surface area contributed by atoms with Crippen LogP contribution in [-0.2, 0) is 7.05 Å². The molecule has 1 saturated carbocycles. The highest BCUT2D eigenvalue weighted by atomic mass is 16.2.